The molecule has 1 aromatic heterocycles. The number of ether oxygens (including phenoxy) is 2. The van der Waals surface area contributed by atoms with E-state index in [1.165, 1.54) is 5.56 Å². The molecule has 106 valence electrons. The molecule has 20 heavy (non-hydrogen) atoms. The molecule has 1 atom stereocenters. The number of hydrogen-bond acceptors (Lipinski definition) is 4. The van der Waals surface area contributed by atoms with Crippen LogP contribution in [0.4, 0.5) is 0 Å². The van der Waals surface area contributed by atoms with Gasteiger partial charge in [-0.15, -0.1) is 0 Å². The summed E-state index contributed by atoms with van der Waals surface area (Å²) in [5.41, 5.74) is 1.21. The van der Waals surface area contributed by atoms with Crippen LogP contribution >= 0.6 is 0 Å². The van der Waals surface area contributed by atoms with Crippen LogP contribution in [0.15, 0.2) is 41.0 Å². The molecular formula is C16H19NO3. The fourth-order valence-corrected chi connectivity index (χ4v) is 2.50. The van der Waals surface area contributed by atoms with Crippen LogP contribution in [-0.4, -0.2) is 20.3 Å². The average Bonchev–Trinajstić information content (AvgIpc) is 3.01. The molecule has 0 amide bonds. The van der Waals surface area contributed by atoms with Crippen LogP contribution in [-0.2, 0) is 6.42 Å². The largest absolute Gasteiger partial charge is 0.486 e. The standard InChI is InChI=1S/C16H19NO3/c1-17-14(6-5-13-3-2-8-18-13)12-4-7-15-16(11-12)20-10-9-19-15/h2-4,7-8,11,14,17H,5-6,9-10H2,1H3. The van der Waals surface area contributed by atoms with E-state index in [4.69, 9.17) is 13.9 Å². The number of furan rings is 1. The molecule has 0 fully saturated rings. The van der Waals surface area contributed by atoms with E-state index < -0.39 is 0 Å². The highest BCUT2D eigenvalue weighted by Gasteiger charge is 2.16. The molecule has 4 heteroatoms. The quantitative estimate of drug-likeness (QED) is 0.909. The first-order chi connectivity index (χ1) is 9.86. The molecule has 1 N–H and O–H groups in total. The van der Waals surface area contributed by atoms with Crippen LogP contribution in [0.25, 0.3) is 0 Å². The van der Waals surface area contributed by atoms with Crippen LogP contribution in [0.1, 0.15) is 23.8 Å². The molecule has 0 radical (unpaired) electrons. The van der Waals surface area contributed by atoms with Crippen molar-refractivity contribution in [2.45, 2.75) is 18.9 Å². The molecule has 1 unspecified atom stereocenters. The number of benzene rings is 1. The van der Waals surface area contributed by atoms with Gasteiger partial charge in [-0.3, -0.25) is 0 Å². The maximum Gasteiger partial charge on any atom is 0.161 e. The summed E-state index contributed by atoms with van der Waals surface area (Å²) < 4.78 is 16.6. The van der Waals surface area contributed by atoms with Gasteiger partial charge in [0.2, 0.25) is 0 Å². The van der Waals surface area contributed by atoms with Crippen molar-refractivity contribution in [3.8, 4) is 11.5 Å². The summed E-state index contributed by atoms with van der Waals surface area (Å²) in [5, 5.41) is 3.35. The lowest BCUT2D eigenvalue weighted by atomic mass is 10.0. The van der Waals surface area contributed by atoms with Crippen molar-refractivity contribution in [3.63, 3.8) is 0 Å². The summed E-state index contributed by atoms with van der Waals surface area (Å²) in [4.78, 5) is 0. The molecular weight excluding hydrogens is 254 g/mol. The smallest absolute Gasteiger partial charge is 0.161 e. The summed E-state index contributed by atoms with van der Waals surface area (Å²) in [6, 6.07) is 10.4. The van der Waals surface area contributed by atoms with Gasteiger partial charge in [0.1, 0.15) is 19.0 Å². The van der Waals surface area contributed by atoms with E-state index in [1.54, 1.807) is 6.26 Å². The number of nitrogens with one attached hydrogen (secondary N) is 1. The SMILES string of the molecule is CNC(CCc1ccco1)c1ccc2c(c1)OCCO2. The maximum absolute atomic E-state index is 5.64. The van der Waals surface area contributed by atoms with Gasteiger partial charge in [-0.05, 0) is 43.3 Å². The topological polar surface area (TPSA) is 43.6 Å². The second kappa shape index (κ2) is 6.01. The number of fused-ring (bicyclic) bond motifs is 1. The van der Waals surface area contributed by atoms with Crippen molar-refractivity contribution in [2.75, 3.05) is 20.3 Å². The Balaban J connectivity index is 1.71. The Morgan fingerprint density at radius 3 is 2.75 bits per heavy atom. The Bertz CT molecular complexity index is 551. The molecule has 2 heterocycles. The zero-order chi connectivity index (χ0) is 13.8. The highest BCUT2D eigenvalue weighted by molar-refractivity contribution is 5.44. The highest BCUT2D eigenvalue weighted by Crippen LogP contribution is 2.33. The highest BCUT2D eigenvalue weighted by atomic mass is 16.6. The van der Waals surface area contributed by atoms with Gasteiger partial charge in [0, 0.05) is 12.5 Å². The fraction of sp³-hybridized carbons (Fsp3) is 0.375. The molecule has 2 aromatic rings. The Morgan fingerprint density at radius 1 is 1.15 bits per heavy atom. The first-order valence-corrected chi connectivity index (χ1v) is 6.96. The van der Waals surface area contributed by atoms with Crippen molar-refractivity contribution in [2.24, 2.45) is 0 Å². The van der Waals surface area contributed by atoms with E-state index in [2.05, 4.69) is 17.4 Å². The maximum atomic E-state index is 5.64. The van der Waals surface area contributed by atoms with Crippen LogP contribution in [0, 0.1) is 0 Å². The first kappa shape index (κ1) is 13.1. The van der Waals surface area contributed by atoms with Gasteiger partial charge in [-0.2, -0.15) is 0 Å². The van der Waals surface area contributed by atoms with Crippen LogP contribution in [0.5, 0.6) is 11.5 Å². The van der Waals surface area contributed by atoms with Gasteiger partial charge < -0.3 is 19.2 Å². The third-order valence-electron chi connectivity index (χ3n) is 3.58. The van der Waals surface area contributed by atoms with E-state index in [0.29, 0.717) is 13.2 Å². The third kappa shape index (κ3) is 2.80. The summed E-state index contributed by atoms with van der Waals surface area (Å²) in [7, 11) is 1.98. The van der Waals surface area contributed by atoms with Gasteiger partial charge in [-0.1, -0.05) is 6.07 Å². The molecule has 0 saturated heterocycles. The molecule has 0 bridgehead atoms. The Kier molecular flexibility index (Phi) is 3.92. The average molecular weight is 273 g/mol. The third-order valence-corrected chi connectivity index (χ3v) is 3.58. The van der Waals surface area contributed by atoms with Gasteiger partial charge in [-0.25, -0.2) is 0 Å². The van der Waals surface area contributed by atoms with Crippen molar-refractivity contribution < 1.29 is 13.9 Å². The van der Waals surface area contributed by atoms with Gasteiger partial charge in [0.15, 0.2) is 11.5 Å². The summed E-state index contributed by atoms with van der Waals surface area (Å²) in [6.07, 6.45) is 3.60. The van der Waals surface area contributed by atoms with Crippen molar-refractivity contribution in [3.05, 3.63) is 47.9 Å². The Morgan fingerprint density at radius 2 is 2.00 bits per heavy atom. The summed E-state index contributed by atoms with van der Waals surface area (Å²) in [6.45, 7) is 1.24. The normalized spacial score (nSPS) is 15.1. The molecule has 4 nitrogen and oxygen atoms in total. The predicted octanol–water partition coefficient (Wildman–Crippen LogP) is 2.94. The van der Waals surface area contributed by atoms with Gasteiger partial charge in [0.05, 0.1) is 6.26 Å². The predicted molar refractivity (Wildman–Crippen MR) is 76.3 cm³/mol. The Labute approximate surface area is 118 Å². The second-order valence-corrected chi connectivity index (χ2v) is 4.86. The molecule has 1 aliphatic rings. The molecule has 0 saturated carbocycles. The second-order valence-electron chi connectivity index (χ2n) is 4.86. The lowest BCUT2D eigenvalue weighted by Gasteiger charge is -2.22. The minimum atomic E-state index is 0.274. The monoisotopic (exact) mass is 273 g/mol. The van der Waals surface area contributed by atoms with Crippen LogP contribution in [0.2, 0.25) is 0 Å². The van der Waals surface area contributed by atoms with Crippen molar-refractivity contribution in [1.82, 2.24) is 5.32 Å². The van der Waals surface area contributed by atoms with E-state index in [-0.39, 0.29) is 6.04 Å². The zero-order valence-corrected chi connectivity index (χ0v) is 11.6. The van der Waals surface area contributed by atoms with Crippen LogP contribution in [0.3, 0.4) is 0 Å². The van der Waals surface area contributed by atoms with Crippen molar-refractivity contribution >= 4 is 0 Å². The van der Waals surface area contributed by atoms with E-state index in [9.17, 15) is 0 Å². The van der Waals surface area contributed by atoms with Crippen LogP contribution < -0.4 is 14.8 Å². The summed E-state index contributed by atoms with van der Waals surface area (Å²) in [5.74, 6) is 2.69. The number of rotatable bonds is 5. The summed E-state index contributed by atoms with van der Waals surface area (Å²) >= 11 is 0. The van der Waals surface area contributed by atoms with E-state index in [1.807, 2.05) is 25.2 Å². The van der Waals surface area contributed by atoms with Gasteiger partial charge in [0.25, 0.3) is 0 Å². The zero-order valence-electron chi connectivity index (χ0n) is 11.6. The molecule has 1 aromatic carbocycles. The first-order valence-electron chi connectivity index (χ1n) is 6.96. The lowest BCUT2D eigenvalue weighted by Crippen LogP contribution is -2.19. The Hall–Kier alpha value is -1.94. The minimum absolute atomic E-state index is 0.274. The number of aryl methyl sites for hydroxylation is 1. The fourth-order valence-electron chi connectivity index (χ4n) is 2.50. The molecule has 0 spiro atoms. The molecule has 1 aliphatic heterocycles. The minimum Gasteiger partial charge on any atom is -0.486 e. The van der Waals surface area contributed by atoms with E-state index in [0.717, 1.165) is 30.1 Å². The molecule has 3 rings (SSSR count). The van der Waals surface area contributed by atoms with Crippen molar-refractivity contribution in [1.29, 1.82) is 0 Å². The number of hydrogen-bond donors (Lipinski definition) is 1. The lowest BCUT2D eigenvalue weighted by molar-refractivity contribution is 0.171. The molecule has 0 aliphatic carbocycles. The van der Waals surface area contributed by atoms with Gasteiger partial charge >= 0.3 is 0 Å². The van der Waals surface area contributed by atoms with E-state index >= 15 is 0 Å².